The molecular formula is C16H20ClNO4. The van der Waals surface area contributed by atoms with Crippen LogP contribution in [0.25, 0.3) is 0 Å². The molecule has 1 fully saturated rings. The van der Waals surface area contributed by atoms with Gasteiger partial charge in [-0.15, -0.1) is 0 Å². The van der Waals surface area contributed by atoms with Gasteiger partial charge in [-0.1, -0.05) is 17.7 Å². The minimum Gasteiger partial charge on any atom is -0.493 e. The van der Waals surface area contributed by atoms with Gasteiger partial charge in [-0.05, 0) is 25.0 Å². The fourth-order valence-corrected chi connectivity index (χ4v) is 3.07. The van der Waals surface area contributed by atoms with Crippen molar-refractivity contribution in [2.75, 3.05) is 33.5 Å². The highest BCUT2D eigenvalue weighted by molar-refractivity contribution is 6.30. The van der Waals surface area contributed by atoms with E-state index in [4.69, 9.17) is 25.8 Å². The second kappa shape index (κ2) is 6.44. The summed E-state index contributed by atoms with van der Waals surface area (Å²) in [6.07, 6.45) is 1.72. The second-order valence-electron chi connectivity index (χ2n) is 5.91. The zero-order valence-electron chi connectivity index (χ0n) is 12.6. The number of hydrogen-bond acceptors (Lipinski definition) is 4. The standard InChI is InChI=1S/C16H20ClNO4/c1-20-8-16(9-21-10-16)15(19)18-13-3-2-6-22-14-7-11(17)4-5-12(13)14/h4-5,7,13H,2-3,6,8-10H2,1H3,(H,18,19). The molecule has 1 aromatic rings. The maximum Gasteiger partial charge on any atom is 0.233 e. The van der Waals surface area contributed by atoms with Crippen molar-refractivity contribution in [3.8, 4) is 5.75 Å². The molecule has 1 saturated heterocycles. The first-order chi connectivity index (χ1) is 10.6. The Morgan fingerprint density at radius 3 is 3.00 bits per heavy atom. The van der Waals surface area contributed by atoms with E-state index in [9.17, 15) is 4.79 Å². The van der Waals surface area contributed by atoms with Crippen molar-refractivity contribution >= 4 is 17.5 Å². The van der Waals surface area contributed by atoms with Gasteiger partial charge in [0.15, 0.2) is 0 Å². The largest absolute Gasteiger partial charge is 0.493 e. The molecule has 2 aliphatic rings. The molecule has 1 N–H and O–H groups in total. The summed E-state index contributed by atoms with van der Waals surface area (Å²) in [5.74, 6) is 0.731. The minimum atomic E-state index is -0.561. The van der Waals surface area contributed by atoms with E-state index in [-0.39, 0.29) is 11.9 Å². The summed E-state index contributed by atoms with van der Waals surface area (Å²) in [6.45, 7) is 1.81. The number of amides is 1. The molecule has 3 rings (SSSR count). The summed E-state index contributed by atoms with van der Waals surface area (Å²) in [4.78, 5) is 12.7. The lowest BCUT2D eigenvalue weighted by Crippen LogP contribution is -2.57. The van der Waals surface area contributed by atoms with Gasteiger partial charge in [0.2, 0.25) is 5.91 Å². The van der Waals surface area contributed by atoms with E-state index in [1.807, 2.05) is 12.1 Å². The van der Waals surface area contributed by atoms with Crippen molar-refractivity contribution in [2.45, 2.75) is 18.9 Å². The Balaban J connectivity index is 1.79. The van der Waals surface area contributed by atoms with Crippen LogP contribution in [0.15, 0.2) is 18.2 Å². The molecule has 0 aliphatic carbocycles. The third-order valence-electron chi connectivity index (χ3n) is 4.21. The number of methoxy groups -OCH3 is 1. The number of nitrogens with one attached hydrogen (secondary N) is 1. The molecule has 6 heteroatoms. The van der Waals surface area contributed by atoms with Crippen molar-refractivity contribution in [2.24, 2.45) is 5.41 Å². The lowest BCUT2D eigenvalue weighted by atomic mass is 9.85. The number of carbonyl (C=O) groups excluding carboxylic acids is 1. The zero-order valence-corrected chi connectivity index (χ0v) is 13.3. The van der Waals surface area contributed by atoms with Crippen LogP contribution in [0.5, 0.6) is 5.75 Å². The molecule has 2 aliphatic heterocycles. The van der Waals surface area contributed by atoms with E-state index >= 15 is 0 Å². The summed E-state index contributed by atoms with van der Waals surface area (Å²) in [5.41, 5.74) is 0.414. The molecule has 1 atom stereocenters. The molecule has 0 radical (unpaired) electrons. The Morgan fingerprint density at radius 1 is 1.50 bits per heavy atom. The summed E-state index contributed by atoms with van der Waals surface area (Å²) < 4.78 is 16.1. The fraction of sp³-hybridized carbons (Fsp3) is 0.562. The first-order valence-corrected chi connectivity index (χ1v) is 7.82. The van der Waals surface area contributed by atoms with Crippen molar-refractivity contribution < 1.29 is 19.0 Å². The molecule has 22 heavy (non-hydrogen) atoms. The number of halogens is 1. The topological polar surface area (TPSA) is 56.8 Å². The highest BCUT2D eigenvalue weighted by Gasteiger charge is 2.46. The van der Waals surface area contributed by atoms with Crippen LogP contribution in [0, 0.1) is 5.41 Å². The van der Waals surface area contributed by atoms with E-state index in [1.165, 1.54) is 0 Å². The smallest absolute Gasteiger partial charge is 0.233 e. The van der Waals surface area contributed by atoms with Gasteiger partial charge in [0.1, 0.15) is 11.2 Å². The number of rotatable bonds is 4. The maximum atomic E-state index is 12.7. The van der Waals surface area contributed by atoms with Crippen LogP contribution in [0.3, 0.4) is 0 Å². The molecule has 2 heterocycles. The Hall–Kier alpha value is -1.30. The van der Waals surface area contributed by atoms with E-state index in [1.54, 1.807) is 13.2 Å². The lowest BCUT2D eigenvalue weighted by molar-refractivity contribution is -0.173. The predicted molar refractivity (Wildman–Crippen MR) is 82.2 cm³/mol. The number of carbonyl (C=O) groups is 1. The molecule has 5 nitrogen and oxygen atoms in total. The molecule has 1 aromatic carbocycles. The van der Waals surface area contributed by atoms with Crippen LogP contribution in [0.2, 0.25) is 5.02 Å². The average molecular weight is 326 g/mol. The number of ether oxygens (including phenoxy) is 3. The van der Waals surface area contributed by atoms with E-state index in [0.29, 0.717) is 31.5 Å². The van der Waals surface area contributed by atoms with Crippen molar-refractivity contribution in [1.82, 2.24) is 5.32 Å². The number of hydrogen-bond donors (Lipinski definition) is 1. The molecule has 1 unspecified atom stereocenters. The van der Waals surface area contributed by atoms with Gasteiger partial charge in [0.05, 0.1) is 32.5 Å². The molecule has 0 bridgehead atoms. The first kappa shape index (κ1) is 15.6. The Bertz CT molecular complexity index is 559. The van der Waals surface area contributed by atoms with Crippen molar-refractivity contribution in [3.63, 3.8) is 0 Å². The van der Waals surface area contributed by atoms with Crippen molar-refractivity contribution in [3.05, 3.63) is 28.8 Å². The van der Waals surface area contributed by atoms with Crippen LogP contribution in [-0.2, 0) is 14.3 Å². The number of fused-ring (bicyclic) bond motifs is 1. The third-order valence-corrected chi connectivity index (χ3v) is 4.45. The quantitative estimate of drug-likeness (QED) is 0.923. The summed E-state index contributed by atoms with van der Waals surface area (Å²) in [5, 5.41) is 3.77. The molecule has 0 aromatic heterocycles. The Labute approximate surface area is 134 Å². The van der Waals surface area contributed by atoms with Gasteiger partial charge in [-0.25, -0.2) is 0 Å². The maximum absolute atomic E-state index is 12.7. The minimum absolute atomic E-state index is 0.0200. The lowest BCUT2D eigenvalue weighted by Gasteiger charge is -2.40. The van der Waals surface area contributed by atoms with Gasteiger partial charge in [0.25, 0.3) is 0 Å². The van der Waals surface area contributed by atoms with Gasteiger partial charge in [0, 0.05) is 17.7 Å². The summed E-state index contributed by atoms with van der Waals surface area (Å²) in [7, 11) is 1.60. The molecule has 0 saturated carbocycles. The number of benzene rings is 1. The van der Waals surface area contributed by atoms with Gasteiger partial charge in [-0.2, -0.15) is 0 Å². The van der Waals surface area contributed by atoms with Gasteiger partial charge >= 0.3 is 0 Å². The second-order valence-corrected chi connectivity index (χ2v) is 6.34. The summed E-state index contributed by atoms with van der Waals surface area (Å²) >= 11 is 6.03. The van der Waals surface area contributed by atoms with Gasteiger partial charge < -0.3 is 19.5 Å². The normalized spacial score (nSPS) is 22.7. The highest BCUT2D eigenvalue weighted by atomic mass is 35.5. The molecule has 1 amide bonds. The van der Waals surface area contributed by atoms with Crippen LogP contribution < -0.4 is 10.1 Å². The predicted octanol–water partition coefficient (Wildman–Crippen LogP) is 2.33. The van der Waals surface area contributed by atoms with Crippen LogP contribution in [-0.4, -0.2) is 39.4 Å². The first-order valence-electron chi connectivity index (χ1n) is 7.44. The van der Waals surface area contributed by atoms with Gasteiger partial charge in [-0.3, -0.25) is 4.79 Å². The average Bonchev–Trinajstić information content (AvgIpc) is 2.64. The highest BCUT2D eigenvalue weighted by Crippen LogP contribution is 2.35. The SMILES string of the molecule is COCC1(C(=O)NC2CCCOc3cc(Cl)ccc32)COC1. The van der Waals surface area contributed by atoms with Crippen molar-refractivity contribution in [1.29, 1.82) is 0 Å². The molecular weight excluding hydrogens is 306 g/mol. The third kappa shape index (κ3) is 2.93. The van der Waals surface area contributed by atoms with Crippen LogP contribution in [0.4, 0.5) is 0 Å². The van der Waals surface area contributed by atoms with Crippen LogP contribution >= 0.6 is 11.6 Å². The Morgan fingerprint density at radius 2 is 2.32 bits per heavy atom. The monoisotopic (exact) mass is 325 g/mol. The fourth-order valence-electron chi connectivity index (χ4n) is 2.91. The van der Waals surface area contributed by atoms with Crippen LogP contribution in [0.1, 0.15) is 24.4 Å². The van der Waals surface area contributed by atoms with E-state index in [0.717, 1.165) is 24.2 Å². The summed E-state index contributed by atoms with van der Waals surface area (Å²) in [6, 6.07) is 5.48. The zero-order chi connectivity index (χ0) is 15.6. The Kier molecular flexibility index (Phi) is 4.57. The van der Waals surface area contributed by atoms with E-state index in [2.05, 4.69) is 5.32 Å². The molecule has 0 spiro atoms. The van der Waals surface area contributed by atoms with E-state index < -0.39 is 5.41 Å². The molecule has 120 valence electrons.